The number of ether oxygens (including phenoxy) is 1. The molecule has 1 saturated carbocycles. The van der Waals surface area contributed by atoms with Gasteiger partial charge in [-0.2, -0.15) is 0 Å². The van der Waals surface area contributed by atoms with Crippen LogP contribution in [0.15, 0.2) is 0 Å². The van der Waals surface area contributed by atoms with E-state index in [1.165, 1.54) is 12.8 Å². The first-order chi connectivity index (χ1) is 5.33. The largest absolute Gasteiger partial charge is 0.377 e. The smallest absolute Gasteiger partial charge is 0.172 e. The highest BCUT2D eigenvalue weighted by atomic mass is 16.5. The SMILES string of the molecule is COCC(=O)CNCC1CC1. The van der Waals surface area contributed by atoms with Crippen molar-refractivity contribution < 1.29 is 9.53 Å². The number of ketones is 1. The number of methoxy groups -OCH3 is 1. The lowest BCUT2D eigenvalue weighted by Crippen LogP contribution is -2.27. The van der Waals surface area contributed by atoms with Gasteiger partial charge in [-0.05, 0) is 25.3 Å². The van der Waals surface area contributed by atoms with Gasteiger partial charge >= 0.3 is 0 Å². The van der Waals surface area contributed by atoms with Crippen molar-refractivity contribution in [1.82, 2.24) is 5.32 Å². The van der Waals surface area contributed by atoms with E-state index in [1.54, 1.807) is 7.11 Å². The monoisotopic (exact) mass is 157 g/mol. The Labute approximate surface area is 67.1 Å². The third-order valence-electron chi connectivity index (χ3n) is 1.76. The van der Waals surface area contributed by atoms with Crippen molar-refractivity contribution in [2.24, 2.45) is 5.92 Å². The lowest BCUT2D eigenvalue weighted by Gasteiger charge is -2.00. The summed E-state index contributed by atoms with van der Waals surface area (Å²) in [6.45, 7) is 1.69. The predicted molar refractivity (Wildman–Crippen MR) is 42.5 cm³/mol. The fraction of sp³-hybridized carbons (Fsp3) is 0.875. The number of rotatable bonds is 6. The first kappa shape index (κ1) is 8.68. The summed E-state index contributed by atoms with van der Waals surface area (Å²) in [6, 6.07) is 0. The van der Waals surface area contributed by atoms with Crippen molar-refractivity contribution >= 4 is 5.78 Å². The van der Waals surface area contributed by atoms with Crippen molar-refractivity contribution in [2.45, 2.75) is 12.8 Å². The Bertz CT molecular complexity index is 132. The Morgan fingerprint density at radius 2 is 2.36 bits per heavy atom. The van der Waals surface area contributed by atoms with Crippen LogP contribution in [0.3, 0.4) is 0 Å². The Morgan fingerprint density at radius 1 is 1.64 bits per heavy atom. The van der Waals surface area contributed by atoms with Gasteiger partial charge in [-0.25, -0.2) is 0 Å². The molecule has 1 rings (SSSR count). The van der Waals surface area contributed by atoms with E-state index in [1.807, 2.05) is 0 Å². The number of Topliss-reactive ketones (excluding diaryl/α,β-unsaturated/α-hetero) is 1. The molecule has 0 aromatic rings. The molecule has 0 bridgehead atoms. The van der Waals surface area contributed by atoms with Crippen molar-refractivity contribution in [3.63, 3.8) is 0 Å². The lowest BCUT2D eigenvalue weighted by atomic mass is 10.4. The average Bonchev–Trinajstić information content (AvgIpc) is 2.72. The Morgan fingerprint density at radius 3 is 2.91 bits per heavy atom. The maximum absolute atomic E-state index is 10.9. The molecule has 0 spiro atoms. The molecule has 0 aliphatic heterocycles. The zero-order chi connectivity index (χ0) is 8.10. The summed E-state index contributed by atoms with van der Waals surface area (Å²) in [5, 5.41) is 3.10. The number of nitrogens with one attached hydrogen (secondary N) is 1. The van der Waals surface area contributed by atoms with Gasteiger partial charge in [0.05, 0.1) is 6.54 Å². The lowest BCUT2D eigenvalue weighted by molar-refractivity contribution is -0.121. The van der Waals surface area contributed by atoms with Gasteiger partial charge in [-0.1, -0.05) is 0 Å². The number of hydrogen-bond donors (Lipinski definition) is 1. The highest BCUT2D eigenvalue weighted by molar-refractivity contribution is 5.81. The van der Waals surface area contributed by atoms with Gasteiger partial charge in [0.25, 0.3) is 0 Å². The van der Waals surface area contributed by atoms with Gasteiger partial charge in [0.2, 0.25) is 0 Å². The van der Waals surface area contributed by atoms with Crippen molar-refractivity contribution in [2.75, 3.05) is 26.8 Å². The van der Waals surface area contributed by atoms with Crippen LogP contribution in [0.25, 0.3) is 0 Å². The summed E-state index contributed by atoms with van der Waals surface area (Å²) in [6.07, 6.45) is 2.65. The molecule has 0 saturated heterocycles. The zero-order valence-corrected chi connectivity index (χ0v) is 6.93. The summed E-state index contributed by atoms with van der Waals surface area (Å²) >= 11 is 0. The second-order valence-corrected chi connectivity index (χ2v) is 3.05. The highest BCUT2D eigenvalue weighted by Crippen LogP contribution is 2.27. The van der Waals surface area contributed by atoms with Crippen LogP contribution < -0.4 is 5.32 Å². The third kappa shape index (κ3) is 4.11. The Hall–Kier alpha value is -0.410. The maximum atomic E-state index is 10.9. The summed E-state index contributed by atoms with van der Waals surface area (Å²) in [7, 11) is 1.54. The van der Waals surface area contributed by atoms with Crippen LogP contribution >= 0.6 is 0 Å². The molecule has 1 aliphatic carbocycles. The Balaban J connectivity index is 1.88. The standard InChI is InChI=1S/C8H15NO2/c1-11-6-8(10)5-9-4-7-2-3-7/h7,9H,2-6H2,1H3. The molecule has 0 atom stereocenters. The molecular formula is C8H15NO2. The van der Waals surface area contributed by atoms with E-state index in [-0.39, 0.29) is 12.4 Å². The van der Waals surface area contributed by atoms with Crippen molar-refractivity contribution in [3.8, 4) is 0 Å². The topological polar surface area (TPSA) is 38.3 Å². The summed E-state index contributed by atoms with van der Waals surface area (Å²) < 4.78 is 4.69. The molecule has 0 heterocycles. The van der Waals surface area contributed by atoms with Gasteiger partial charge in [0.1, 0.15) is 6.61 Å². The van der Waals surface area contributed by atoms with Gasteiger partial charge in [0, 0.05) is 7.11 Å². The molecule has 3 nitrogen and oxygen atoms in total. The van der Waals surface area contributed by atoms with Gasteiger partial charge in [0.15, 0.2) is 5.78 Å². The number of hydrogen-bond acceptors (Lipinski definition) is 3. The average molecular weight is 157 g/mol. The summed E-state index contributed by atoms with van der Waals surface area (Å²) in [5.74, 6) is 0.971. The molecule has 1 N–H and O–H groups in total. The van der Waals surface area contributed by atoms with Crippen LogP contribution in [0, 0.1) is 5.92 Å². The van der Waals surface area contributed by atoms with Crippen LogP contribution in [0.1, 0.15) is 12.8 Å². The number of carbonyl (C=O) groups excluding carboxylic acids is 1. The molecule has 0 radical (unpaired) electrons. The second-order valence-electron chi connectivity index (χ2n) is 3.05. The van der Waals surface area contributed by atoms with E-state index in [2.05, 4.69) is 10.1 Å². The van der Waals surface area contributed by atoms with Gasteiger partial charge < -0.3 is 10.1 Å². The Kier molecular flexibility index (Phi) is 3.52. The summed E-state index contributed by atoms with van der Waals surface area (Å²) in [4.78, 5) is 10.9. The first-order valence-electron chi connectivity index (χ1n) is 4.04. The van der Waals surface area contributed by atoms with Crippen LogP contribution in [0.2, 0.25) is 0 Å². The predicted octanol–water partition coefficient (Wildman–Crippen LogP) is 0.201. The molecule has 0 unspecified atom stereocenters. The van der Waals surface area contributed by atoms with Crippen LogP contribution in [0.5, 0.6) is 0 Å². The molecular weight excluding hydrogens is 142 g/mol. The molecule has 64 valence electrons. The molecule has 11 heavy (non-hydrogen) atoms. The van der Waals surface area contributed by atoms with Crippen LogP contribution in [-0.2, 0) is 9.53 Å². The van der Waals surface area contributed by atoms with Gasteiger partial charge in [-0.3, -0.25) is 4.79 Å². The van der Waals surface area contributed by atoms with Crippen LogP contribution in [-0.4, -0.2) is 32.6 Å². The minimum atomic E-state index is 0.133. The minimum absolute atomic E-state index is 0.133. The first-order valence-corrected chi connectivity index (χ1v) is 4.04. The van der Waals surface area contributed by atoms with Gasteiger partial charge in [-0.15, -0.1) is 0 Å². The van der Waals surface area contributed by atoms with E-state index < -0.39 is 0 Å². The molecule has 1 aliphatic rings. The van der Waals surface area contributed by atoms with E-state index in [0.717, 1.165) is 12.5 Å². The van der Waals surface area contributed by atoms with Crippen LogP contribution in [0.4, 0.5) is 0 Å². The molecule has 3 heteroatoms. The van der Waals surface area contributed by atoms with E-state index in [9.17, 15) is 4.79 Å². The molecule has 0 aromatic heterocycles. The number of carbonyl (C=O) groups is 1. The fourth-order valence-corrected chi connectivity index (χ4v) is 0.950. The van der Waals surface area contributed by atoms with Crippen molar-refractivity contribution in [1.29, 1.82) is 0 Å². The third-order valence-corrected chi connectivity index (χ3v) is 1.76. The van der Waals surface area contributed by atoms with E-state index >= 15 is 0 Å². The molecule has 0 amide bonds. The zero-order valence-electron chi connectivity index (χ0n) is 6.93. The quantitative estimate of drug-likeness (QED) is 0.598. The summed E-state index contributed by atoms with van der Waals surface area (Å²) in [5.41, 5.74) is 0. The van der Waals surface area contributed by atoms with Crippen molar-refractivity contribution in [3.05, 3.63) is 0 Å². The fourth-order valence-electron chi connectivity index (χ4n) is 0.950. The minimum Gasteiger partial charge on any atom is -0.377 e. The van der Waals surface area contributed by atoms with E-state index in [0.29, 0.717) is 6.54 Å². The second kappa shape index (κ2) is 4.46. The highest BCUT2D eigenvalue weighted by Gasteiger charge is 2.20. The molecule has 0 aromatic carbocycles. The normalized spacial score (nSPS) is 16.8. The van der Waals surface area contributed by atoms with E-state index in [4.69, 9.17) is 0 Å². The molecule has 1 fully saturated rings. The maximum Gasteiger partial charge on any atom is 0.172 e.